The molecule has 5 nitrogen and oxygen atoms in total. The van der Waals surface area contributed by atoms with Crippen LogP contribution in [0, 0.1) is 11.7 Å². The van der Waals surface area contributed by atoms with E-state index in [-0.39, 0.29) is 35.3 Å². The fraction of sp³-hybridized carbons (Fsp3) is 0.478. The molecule has 3 aliphatic heterocycles. The molecule has 30 heavy (non-hydrogen) atoms. The molecule has 1 aromatic carbocycles. The average Bonchev–Trinajstić information content (AvgIpc) is 3.16. The quantitative estimate of drug-likeness (QED) is 0.778. The first-order valence-electron chi connectivity index (χ1n) is 10.6. The molecule has 0 unspecified atom stereocenters. The van der Waals surface area contributed by atoms with Crippen molar-refractivity contribution in [3.05, 3.63) is 69.4 Å². The van der Waals surface area contributed by atoms with Crippen LogP contribution in [0.1, 0.15) is 40.4 Å². The predicted molar refractivity (Wildman–Crippen MR) is 109 cm³/mol. The lowest BCUT2D eigenvalue weighted by atomic mass is 9.82. The van der Waals surface area contributed by atoms with Crippen LogP contribution >= 0.6 is 0 Å². The molecule has 3 atom stereocenters. The smallest absolute Gasteiger partial charge is 0.263 e. The summed E-state index contributed by atoms with van der Waals surface area (Å²) < 4.78 is 28.4. The molecule has 0 radical (unpaired) electrons. The van der Waals surface area contributed by atoms with Crippen molar-refractivity contribution in [3.8, 4) is 0 Å². The van der Waals surface area contributed by atoms with Gasteiger partial charge in [0.15, 0.2) is 0 Å². The summed E-state index contributed by atoms with van der Waals surface area (Å²) in [7, 11) is 0. The Bertz CT molecular complexity index is 1020. The normalized spacial score (nSPS) is 25.9. The molecule has 5 rings (SSSR count). The van der Waals surface area contributed by atoms with E-state index in [4.69, 9.17) is 0 Å². The van der Waals surface area contributed by atoms with Crippen LogP contribution in [-0.4, -0.2) is 52.6 Å². The maximum atomic E-state index is 13.5. The van der Waals surface area contributed by atoms with Crippen molar-refractivity contribution >= 4 is 5.91 Å². The summed E-state index contributed by atoms with van der Waals surface area (Å²) in [6.07, 6.45) is 0.370. The van der Waals surface area contributed by atoms with Gasteiger partial charge in [0.25, 0.3) is 11.5 Å². The number of hydrogen-bond donors (Lipinski definition) is 0. The van der Waals surface area contributed by atoms with Gasteiger partial charge in [-0.1, -0.05) is 12.1 Å². The van der Waals surface area contributed by atoms with E-state index in [0.29, 0.717) is 25.4 Å². The second kappa shape index (κ2) is 7.61. The van der Waals surface area contributed by atoms with Gasteiger partial charge in [0.05, 0.1) is 6.54 Å². The van der Waals surface area contributed by atoms with Gasteiger partial charge >= 0.3 is 0 Å². The number of aromatic nitrogens is 1. The topological polar surface area (TPSA) is 45.6 Å². The third-order valence-corrected chi connectivity index (χ3v) is 6.65. The minimum Gasteiger partial charge on any atom is -0.335 e. The lowest BCUT2D eigenvalue weighted by Crippen LogP contribution is -2.47. The SMILES string of the molecule is O=C(c1ccc2n(c1=O)C[C@H]1C[C@@H]2CN(Cc2ccc(F)cc2)C1)N1CC[C@H](F)C1. The van der Waals surface area contributed by atoms with Crippen molar-refractivity contribution < 1.29 is 13.6 Å². The summed E-state index contributed by atoms with van der Waals surface area (Å²) in [5.74, 6) is -0.0217. The van der Waals surface area contributed by atoms with Crippen molar-refractivity contribution in [2.75, 3.05) is 26.2 Å². The number of fused-ring (bicyclic) bond motifs is 4. The van der Waals surface area contributed by atoms with Crippen molar-refractivity contribution in [1.29, 1.82) is 0 Å². The van der Waals surface area contributed by atoms with Gasteiger partial charge in [0.1, 0.15) is 17.6 Å². The number of halogens is 2. The first-order chi connectivity index (χ1) is 14.5. The van der Waals surface area contributed by atoms with E-state index in [1.54, 1.807) is 10.6 Å². The fourth-order valence-corrected chi connectivity index (χ4v) is 5.26. The molecule has 2 bridgehead atoms. The van der Waals surface area contributed by atoms with Crippen LogP contribution in [0.2, 0.25) is 0 Å². The Morgan fingerprint density at radius 2 is 1.83 bits per heavy atom. The Kier molecular flexibility index (Phi) is 4.93. The number of rotatable bonds is 3. The number of benzene rings is 1. The molecular weight excluding hydrogens is 388 g/mol. The molecule has 2 saturated heterocycles. The highest BCUT2D eigenvalue weighted by Crippen LogP contribution is 2.35. The lowest BCUT2D eigenvalue weighted by molar-refractivity contribution is 0.0777. The van der Waals surface area contributed by atoms with Crippen LogP contribution in [0.25, 0.3) is 0 Å². The van der Waals surface area contributed by atoms with Crippen molar-refractivity contribution in [2.24, 2.45) is 5.92 Å². The second-order valence-corrected chi connectivity index (χ2v) is 8.84. The van der Waals surface area contributed by atoms with Gasteiger partial charge < -0.3 is 9.47 Å². The zero-order chi connectivity index (χ0) is 20.8. The number of piperidine rings is 1. The van der Waals surface area contributed by atoms with E-state index in [1.165, 1.54) is 17.0 Å². The Labute approximate surface area is 173 Å². The second-order valence-electron chi connectivity index (χ2n) is 8.84. The van der Waals surface area contributed by atoms with Crippen molar-refractivity contribution in [3.63, 3.8) is 0 Å². The summed E-state index contributed by atoms with van der Waals surface area (Å²) in [5.41, 5.74) is 1.95. The predicted octanol–water partition coefficient (Wildman–Crippen LogP) is 2.79. The highest BCUT2D eigenvalue weighted by Gasteiger charge is 2.36. The van der Waals surface area contributed by atoms with Gasteiger partial charge in [-0.25, -0.2) is 8.78 Å². The van der Waals surface area contributed by atoms with Gasteiger partial charge in [-0.2, -0.15) is 0 Å². The van der Waals surface area contributed by atoms with Crippen LogP contribution in [0.3, 0.4) is 0 Å². The molecule has 4 heterocycles. The number of amides is 1. The summed E-state index contributed by atoms with van der Waals surface area (Å²) in [6.45, 7) is 3.49. The van der Waals surface area contributed by atoms with E-state index < -0.39 is 6.17 Å². The van der Waals surface area contributed by atoms with Gasteiger partial charge in [0, 0.05) is 44.3 Å². The Morgan fingerprint density at radius 1 is 1.03 bits per heavy atom. The molecule has 158 valence electrons. The maximum Gasteiger partial charge on any atom is 0.263 e. The van der Waals surface area contributed by atoms with Crippen molar-refractivity contribution in [1.82, 2.24) is 14.4 Å². The third kappa shape index (κ3) is 3.55. The molecule has 1 aromatic heterocycles. The first-order valence-corrected chi connectivity index (χ1v) is 10.6. The minimum atomic E-state index is -0.999. The monoisotopic (exact) mass is 413 g/mol. The first kappa shape index (κ1) is 19.4. The maximum absolute atomic E-state index is 13.5. The fourth-order valence-electron chi connectivity index (χ4n) is 5.26. The highest BCUT2D eigenvalue weighted by atomic mass is 19.1. The number of alkyl halides is 1. The van der Waals surface area contributed by atoms with Gasteiger partial charge in [-0.3, -0.25) is 14.5 Å². The zero-order valence-electron chi connectivity index (χ0n) is 16.8. The van der Waals surface area contributed by atoms with E-state index in [9.17, 15) is 18.4 Å². The number of nitrogens with zero attached hydrogens (tertiary/aromatic N) is 3. The van der Waals surface area contributed by atoms with Crippen LogP contribution in [0.5, 0.6) is 0 Å². The van der Waals surface area contributed by atoms with E-state index >= 15 is 0 Å². The Balaban J connectivity index is 1.36. The largest absolute Gasteiger partial charge is 0.335 e. The summed E-state index contributed by atoms with van der Waals surface area (Å²) in [4.78, 5) is 29.7. The number of hydrogen-bond acceptors (Lipinski definition) is 3. The molecule has 3 aliphatic rings. The minimum absolute atomic E-state index is 0.0730. The number of carbonyl (C=O) groups excluding carboxylic acids is 1. The molecule has 2 aromatic rings. The number of pyridine rings is 1. The van der Waals surface area contributed by atoms with Crippen LogP contribution < -0.4 is 5.56 Å². The summed E-state index contributed by atoms with van der Waals surface area (Å²) in [5, 5.41) is 0. The number of carbonyl (C=O) groups is 1. The summed E-state index contributed by atoms with van der Waals surface area (Å²) >= 11 is 0. The average molecular weight is 413 g/mol. The third-order valence-electron chi connectivity index (χ3n) is 6.65. The summed E-state index contributed by atoms with van der Waals surface area (Å²) in [6, 6.07) is 10.1. The highest BCUT2D eigenvalue weighted by molar-refractivity contribution is 5.94. The Hall–Kier alpha value is -2.54. The molecule has 2 fully saturated rings. The molecule has 0 spiro atoms. The zero-order valence-corrected chi connectivity index (χ0v) is 16.8. The standard InChI is InChI=1S/C23H25F2N3O2/c24-18-3-1-15(2-4-18)10-26-11-16-9-17(13-26)21-6-5-20(23(30)28(21)12-16)22(29)27-8-7-19(25)14-27/h1-6,16-17,19H,7-14H2/t16-,17+,19-/m0/s1. The molecule has 0 N–H and O–H groups in total. The van der Waals surface area contributed by atoms with Crippen LogP contribution in [0.15, 0.2) is 41.2 Å². The molecule has 1 amide bonds. The van der Waals surface area contributed by atoms with Crippen LogP contribution in [0.4, 0.5) is 8.78 Å². The van der Waals surface area contributed by atoms with E-state index in [0.717, 1.165) is 37.3 Å². The molecular formula is C23H25F2N3O2. The molecule has 0 saturated carbocycles. The van der Waals surface area contributed by atoms with Gasteiger partial charge in [-0.05, 0) is 48.6 Å². The lowest BCUT2D eigenvalue weighted by Gasteiger charge is -2.43. The van der Waals surface area contributed by atoms with Gasteiger partial charge in [-0.15, -0.1) is 0 Å². The van der Waals surface area contributed by atoms with Crippen molar-refractivity contribution in [2.45, 2.75) is 38.0 Å². The number of likely N-dealkylation sites (tertiary alicyclic amines) is 2. The van der Waals surface area contributed by atoms with Crippen LogP contribution in [-0.2, 0) is 13.1 Å². The molecule has 0 aliphatic carbocycles. The Morgan fingerprint density at radius 3 is 2.57 bits per heavy atom. The van der Waals surface area contributed by atoms with E-state index in [1.807, 2.05) is 18.2 Å². The van der Waals surface area contributed by atoms with E-state index in [2.05, 4.69) is 4.90 Å². The van der Waals surface area contributed by atoms with Gasteiger partial charge in [0.2, 0.25) is 0 Å². The molecule has 7 heteroatoms.